The number of halogens is 1. The fraction of sp³-hybridized carbons (Fsp3) is 0.545. The first-order valence-corrected chi connectivity index (χ1v) is 19.8. The molecule has 2 saturated carbocycles. The molecule has 0 radical (unpaired) electrons. The molecule has 0 saturated heterocycles. The highest BCUT2D eigenvalue weighted by molar-refractivity contribution is 5.88. The van der Waals surface area contributed by atoms with Crippen molar-refractivity contribution in [2.75, 3.05) is 0 Å². The van der Waals surface area contributed by atoms with Gasteiger partial charge in [-0.2, -0.15) is 0 Å². The predicted molar refractivity (Wildman–Crippen MR) is 212 cm³/mol. The lowest BCUT2D eigenvalue weighted by Gasteiger charge is -2.37. The van der Waals surface area contributed by atoms with Crippen molar-refractivity contribution in [1.82, 2.24) is 30.2 Å². The lowest BCUT2D eigenvalue weighted by atomic mass is 9.74. The maximum absolute atomic E-state index is 16.5. The molecule has 9 nitrogen and oxygen atoms in total. The van der Waals surface area contributed by atoms with Crippen molar-refractivity contribution >= 4 is 22.1 Å². The monoisotopic (exact) mass is 736 g/mol. The van der Waals surface area contributed by atoms with Crippen LogP contribution in [0.5, 0.6) is 0 Å². The first kappa shape index (κ1) is 38.0. The Kier molecular flexibility index (Phi) is 9.68. The quantitative estimate of drug-likeness (QED) is 0.128. The van der Waals surface area contributed by atoms with Gasteiger partial charge in [0, 0.05) is 34.1 Å². The maximum atomic E-state index is 16.5. The van der Waals surface area contributed by atoms with E-state index in [0.29, 0.717) is 17.4 Å². The number of alkyl halides is 1. The standard InChI is InChI=1S/C22H28FN3O.C22H29N3O2/c1-11(2)22(23,12(3)4)17-9-16(19-13(5)26-27-14(19)6)10-18-20(17)25-21(24-18)15-7-8-15;1-11(2)22(26,12(3)4)17-9-16(19-13(5)25-27-14(19)6)10-18-20(17)24-21(23-18)15-7-8-15/h9-12,15H,7-8H2,1-6H3,(H,24,25);9-12,15,26H,7-8H2,1-6H3,(H,23,24). The molecule has 0 bridgehead atoms. The van der Waals surface area contributed by atoms with Crippen molar-refractivity contribution < 1.29 is 18.5 Å². The molecule has 2 fully saturated rings. The molecule has 2 aliphatic carbocycles. The number of aryl methyl sites for hydroxylation is 4. The van der Waals surface area contributed by atoms with Gasteiger partial charge in [0.15, 0.2) is 0 Å². The molecule has 8 rings (SSSR count). The molecular formula is C44H57FN6O3. The van der Waals surface area contributed by atoms with Crippen LogP contribution in [0.4, 0.5) is 4.39 Å². The summed E-state index contributed by atoms with van der Waals surface area (Å²) in [5.41, 5.74) is 8.20. The minimum Gasteiger partial charge on any atom is -0.385 e. The fourth-order valence-electron chi connectivity index (χ4n) is 8.63. The molecule has 0 spiro atoms. The molecule has 0 unspecified atom stereocenters. The van der Waals surface area contributed by atoms with Gasteiger partial charge >= 0.3 is 0 Å². The minimum atomic E-state index is -1.47. The summed E-state index contributed by atoms with van der Waals surface area (Å²) in [6.07, 6.45) is 4.68. The number of rotatable bonds is 10. The van der Waals surface area contributed by atoms with E-state index in [-0.39, 0.29) is 23.7 Å². The SMILES string of the molecule is Cc1noc(C)c1-c1cc(C(F)(C(C)C)C(C)C)c2nc(C3CC3)[nH]c2c1.Cc1noc(C)c1-c1cc(C(O)(C(C)C)C(C)C)c2nc(C3CC3)[nH]c2c1. The van der Waals surface area contributed by atoms with Gasteiger partial charge in [0.05, 0.1) is 39.1 Å². The Bertz CT molecular complexity index is 2100. The number of benzene rings is 2. The molecule has 4 aromatic heterocycles. The molecule has 2 aliphatic rings. The molecule has 0 aliphatic heterocycles. The molecule has 0 amide bonds. The zero-order valence-electron chi connectivity index (χ0n) is 34.0. The van der Waals surface area contributed by atoms with Crippen molar-refractivity contribution in [2.24, 2.45) is 23.7 Å². The van der Waals surface area contributed by atoms with Crippen LogP contribution in [0.1, 0.15) is 139 Å². The molecule has 2 aromatic carbocycles. The number of aromatic nitrogens is 6. The summed E-state index contributed by atoms with van der Waals surface area (Å²) in [5.74, 6) is 4.36. The van der Waals surface area contributed by atoms with Crippen LogP contribution in [0.3, 0.4) is 0 Å². The topological polar surface area (TPSA) is 130 Å². The second kappa shape index (κ2) is 13.8. The van der Waals surface area contributed by atoms with Gasteiger partial charge in [0.25, 0.3) is 0 Å². The van der Waals surface area contributed by atoms with Crippen LogP contribution in [0.2, 0.25) is 0 Å². The molecular weight excluding hydrogens is 680 g/mol. The molecule has 288 valence electrons. The summed E-state index contributed by atoms with van der Waals surface area (Å²) < 4.78 is 27.2. The number of nitrogens with one attached hydrogen (secondary N) is 2. The number of nitrogens with zero attached hydrogens (tertiary/aromatic N) is 4. The summed E-state index contributed by atoms with van der Waals surface area (Å²) in [6, 6.07) is 8.23. The van der Waals surface area contributed by atoms with E-state index < -0.39 is 11.3 Å². The van der Waals surface area contributed by atoms with E-state index in [1.807, 2.05) is 61.5 Å². The van der Waals surface area contributed by atoms with Crippen LogP contribution in [-0.4, -0.2) is 35.4 Å². The lowest BCUT2D eigenvalue weighted by Crippen LogP contribution is -2.38. The van der Waals surface area contributed by atoms with E-state index in [1.54, 1.807) is 0 Å². The maximum Gasteiger partial charge on any atom is 0.142 e. The zero-order valence-corrected chi connectivity index (χ0v) is 34.0. The number of imidazole rings is 2. The van der Waals surface area contributed by atoms with Crippen LogP contribution in [0.15, 0.2) is 33.3 Å². The minimum absolute atomic E-state index is 0.0571. The lowest BCUT2D eigenvalue weighted by molar-refractivity contribution is -0.0519. The predicted octanol–water partition coefficient (Wildman–Crippen LogP) is 11.4. The Balaban J connectivity index is 0.000000167. The van der Waals surface area contributed by atoms with Crippen LogP contribution in [0.25, 0.3) is 44.3 Å². The van der Waals surface area contributed by atoms with Crippen molar-refractivity contribution in [1.29, 1.82) is 0 Å². The van der Waals surface area contributed by atoms with Crippen LogP contribution in [0, 0.1) is 51.4 Å². The Morgan fingerprint density at radius 3 is 1.35 bits per heavy atom. The van der Waals surface area contributed by atoms with Crippen molar-refractivity contribution in [2.45, 2.75) is 132 Å². The Morgan fingerprint density at radius 2 is 1.02 bits per heavy atom. The number of hydrogen-bond acceptors (Lipinski definition) is 7. The van der Waals surface area contributed by atoms with Crippen LogP contribution in [-0.2, 0) is 11.3 Å². The van der Waals surface area contributed by atoms with Gasteiger partial charge in [-0.05, 0) is 112 Å². The third-order valence-electron chi connectivity index (χ3n) is 12.1. The van der Waals surface area contributed by atoms with Gasteiger partial charge in [0.2, 0.25) is 0 Å². The summed E-state index contributed by atoms with van der Waals surface area (Å²) in [5, 5.41) is 20.0. The van der Waals surface area contributed by atoms with E-state index in [9.17, 15) is 5.11 Å². The van der Waals surface area contributed by atoms with Crippen LogP contribution < -0.4 is 0 Å². The normalized spacial score (nSPS) is 15.4. The highest BCUT2D eigenvalue weighted by Crippen LogP contribution is 2.48. The number of fused-ring (bicyclic) bond motifs is 2. The molecule has 54 heavy (non-hydrogen) atoms. The first-order valence-electron chi connectivity index (χ1n) is 19.8. The summed E-state index contributed by atoms with van der Waals surface area (Å²) in [7, 11) is 0. The van der Waals surface area contributed by atoms with E-state index in [4.69, 9.17) is 19.0 Å². The number of hydrogen-bond donors (Lipinski definition) is 3. The highest BCUT2D eigenvalue weighted by Gasteiger charge is 2.43. The van der Waals surface area contributed by atoms with Crippen molar-refractivity contribution in [3.8, 4) is 22.3 Å². The number of aliphatic hydroxyl groups is 1. The molecule has 4 heterocycles. The van der Waals surface area contributed by atoms with E-state index in [0.717, 1.165) is 97.3 Å². The second-order valence-electron chi connectivity index (χ2n) is 17.2. The molecule has 3 N–H and O–H groups in total. The fourth-order valence-corrected chi connectivity index (χ4v) is 8.63. The molecule has 6 aromatic rings. The summed E-state index contributed by atoms with van der Waals surface area (Å²) in [4.78, 5) is 16.7. The van der Waals surface area contributed by atoms with Crippen molar-refractivity contribution in [3.63, 3.8) is 0 Å². The number of aromatic amines is 2. The van der Waals surface area contributed by atoms with Gasteiger partial charge < -0.3 is 24.1 Å². The summed E-state index contributed by atoms with van der Waals surface area (Å²) in [6.45, 7) is 23.8. The molecule has 0 atom stereocenters. The number of H-pyrrole nitrogens is 2. The second-order valence-corrected chi connectivity index (χ2v) is 17.2. The highest BCUT2D eigenvalue weighted by atomic mass is 19.1. The zero-order chi connectivity index (χ0) is 39.0. The summed E-state index contributed by atoms with van der Waals surface area (Å²) >= 11 is 0. The van der Waals surface area contributed by atoms with E-state index in [2.05, 4.69) is 66.2 Å². The van der Waals surface area contributed by atoms with Gasteiger partial charge in [-0.15, -0.1) is 0 Å². The first-order chi connectivity index (χ1) is 25.5. The van der Waals surface area contributed by atoms with E-state index in [1.165, 1.54) is 12.8 Å². The largest absolute Gasteiger partial charge is 0.385 e. The van der Waals surface area contributed by atoms with Gasteiger partial charge in [-0.1, -0.05) is 65.7 Å². The van der Waals surface area contributed by atoms with Gasteiger partial charge in [-0.25, -0.2) is 14.4 Å². The third kappa shape index (κ3) is 6.38. The van der Waals surface area contributed by atoms with Gasteiger partial charge in [0.1, 0.15) is 28.8 Å². The molecule has 10 heteroatoms. The Labute approximate surface area is 317 Å². The van der Waals surface area contributed by atoms with Crippen LogP contribution >= 0.6 is 0 Å². The van der Waals surface area contributed by atoms with E-state index >= 15 is 4.39 Å². The Morgan fingerprint density at radius 1 is 0.630 bits per heavy atom. The average molecular weight is 737 g/mol. The van der Waals surface area contributed by atoms with Gasteiger partial charge in [-0.3, -0.25) is 0 Å². The van der Waals surface area contributed by atoms with Crippen molar-refractivity contribution in [3.05, 3.63) is 69.9 Å². The average Bonchev–Trinajstić information content (AvgIpc) is 4.01. The smallest absolute Gasteiger partial charge is 0.142 e. The third-order valence-corrected chi connectivity index (χ3v) is 12.1. The Hall–Kier alpha value is -4.31.